The van der Waals surface area contributed by atoms with Gasteiger partial charge in [-0.3, -0.25) is 0 Å². The molecule has 0 spiro atoms. The first kappa shape index (κ1) is 12.2. The van der Waals surface area contributed by atoms with Crippen molar-refractivity contribution in [3.63, 3.8) is 0 Å². The predicted octanol–water partition coefficient (Wildman–Crippen LogP) is 2.54. The number of ether oxygens (including phenoxy) is 1. The van der Waals surface area contributed by atoms with Crippen molar-refractivity contribution >= 4 is 17.3 Å². The van der Waals surface area contributed by atoms with Crippen molar-refractivity contribution in [2.45, 2.75) is 32.3 Å². The van der Waals surface area contributed by atoms with Gasteiger partial charge in [-0.2, -0.15) is 0 Å². The van der Waals surface area contributed by atoms with E-state index in [9.17, 15) is 9.90 Å². The van der Waals surface area contributed by atoms with Gasteiger partial charge in [-0.1, -0.05) is 13.8 Å². The number of esters is 1. The van der Waals surface area contributed by atoms with E-state index < -0.39 is 5.60 Å². The van der Waals surface area contributed by atoms with Gasteiger partial charge in [-0.15, -0.1) is 11.3 Å². The van der Waals surface area contributed by atoms with Crippen LogP contribution in [0.5, 0.6) is 0 Å². The topological polar surface area (TPSA) is 46.5 Å². The second-order valence-corrected chi connectivity index (χ2v) is 4.48. The van der Waals surface area contributed by atoms with Crippen LogP contribution in [0.3, 0.4) is 0 Å². The second-order valence-electron chi connectivity index (χ2n) is 3.39. The van der Waals surface area contributed by atoms with E-state index in [1.165, 1.54) is 18.4 Å². The molecule has 0 aromatic carbocycles. The molecule has 0 fully saturated rings. The summed E-state index contributed by atoms with van der Waals surface area (Å²) in [7, 11) is 1.35. The summed E-state index contributed by atoms with van der Waals surface area (Å²) >= 11 is 1.30. The molecule has 1 rings (SSSR count). The van der Waals surface area contributed by atoms with Crippen LogP contribution >= 0.6 is 11.3 Å². The van der Waals surface area contributed by atoms with E-state index in [-0.39, 0.29) is 5.97 Å². The van der Waals surface area contributed by atoms with E-state index in [1.54, 1.807) is 12.1 Å². The summed E-state index contributed by atoms with van der Waals surface area (Å²) in [5, 5.41) is 10.2. The predicted molar refractivity (Wildman–Crippen MR) is 60.1 cm³/mol. The highest BCUT2D eigenvalue weighted by atomic mass is 32.1. The van der Waals surface area contributed by atoms with E-state index in [4.69, 9.17) is 0 Å². The molecule has 4 heteroatoms. The van der Waals surface area contributed by atoms with Gasteiger partial charge in [0.1, 0.15) is 4.88 Å². The van der Waals surface area contributed by atoms with Crippen molar-refractivity contribution in [1.82, 2.24) is 0 Å². The number of carbonyl (C=O) groups is 1. The van der Waals surface area contributed by atoms with E-state index in [2.05, 4.69) is 4.74 Å². The van der Waals surface area contributed by atoms with Crippen molar-refractivity contribution in [3.8, 4) is 0 Å². The Morgan fingerprint density at radius 1 is 1.47 bits per heavy atom. The number of aliphatic hydroxyl groups is 1. The van der Waals surface area contributed by atoms with Crippen molar-refractivity contribution in [3.05, 3.63) is 21.9 Å². The Morgan fingerprint density at radius 2 is 2.07 bits per heavy atom. The summed E-state index contributed by atoms with van der Waals surface area (Å²) in [4.78, 5) is 12.6. The molecule has 0 aliphatic heterocycles. The minimum Gasteiger partial charge on any atom is -0.465 e. The van der Waals surface area contributed by atoms with Gasteiger partial charge in [0.25, 0.3) is 0 Å². The molecule has 3 nitrogen and oxygen atoms in total. The summed E-state index contributed by atoms with van der Waals surface area (Å²) in [5.41, 5.74) is -0.809. The fourth-order valence-electron chi connectivity index (χ4n) is 1.40. The molecule has 1 heterocycles. The molecule has 0 aliphatic carbocycles. The monoisotopic (exact) mass is 228 g/mol. The lowest BCUT2D eigenvalue weighted by atomic mass is 9.96. The Hall–Kier alpha value is -0.870. The molecule has 15 heavy (non-hydrogen) atoms. The summed E-state index contributed by atoms with van der Waals surface area (Å²) in [6.07, 6.45) is 1.29. The van der Waals surface area contributed by atoms with Crippen LogP contribution in [0.15, 0.2) is 12.1 Å². The van der Waals surface area contributed by atoms with E-state index in [0.29, 0.717) is 17.7 Å². The van der Waals surface area contributed by atoms with E-state index in [0.717, 1.165) is 4.88 Å². The average molecular weight is 228 g/mol. The minimum absolute atomic E-state index is 0.346. The summed E-state index contributed by atoms with van der Waals surface area (Å²) < 4.78 is 4.62. The molecule has 0 unspecified atom stereocenters. The summed E-state index contributed by atoms with van der Waals surface area (Å²) in [6, 6.07) is 3.49. The molecule has 0 bridgehead atoms. The first-order valence-electron chi connectivity index (χ1n) is 4.98. The van der Waals surface area contributed by atoms with Gasteiger partial charge in [0.2, 0.25) is 0 Å². The first-order valence-corrected chi connectivity index (χ1v) is 5.80. The van der Waals surface area contributed by atoms with Crippen LogP contribution in [0.2, 0.25) is 0 Å². The number of carbonyl (C=O) groups excluding carboxylic acids is 1. The first-order chi connectivity index (χ1) is 7.07. The van der Waals surface area contributed by atoms with Crippen LogP contribution in [0, 0.1) is 0 Å². The van der Waals surface area contributed by atoms with Gasteiger partial charge in [0.15, 0.2) is 0 Å². The maximum absolute atomic E-state index is 11.2. The van der Waals surface area contributed by atoms with Crippen LogP contribution in [0.4, 0.5) is 0 Å². The van der Waals surface area contributed by atoms with Crippen LogP contribution < -0.4 is 0 Å². The molecule has 84 valence electrons. The van der Waals surface area contributed by atoms with Crippen molar-refractivity contribution in [1.29, 1.82) is 0 Å². The molecule has 0 atom stereocenters. The second kappa shape index (κ2) is 4.77. The van der Waals surface area contributed by atoms with E-state index in [1.807, 2.05) is 13.8 Å². The lowest BCUT2D eigenvalue weighted by Crippen LogP contribution is -2.21. The Bertz CT molecular complexity index is 339. The maximum Gasteiger partial charge on any atom is 0.348 e. The quantitative estimate of drug-likeness (QED) is 0.805. The SMILES string of the molecule is CCC(O)(CC)c1ccc(C(=O)OC)s1. The molecule has 0 saturated heterocycles. The zero-order chi connectivity index (χ0) is 11.5. The fraction of sp³-hybridized carbons (Fsp3) is 0.545. The highest BCUT2D eigenvalue weighted by Gasteiger charge is 2.27. The van der Waals surface area contributed by atoms with Gasteiger partial charge < -0.3 is 9.84 Å². The number of rotatable bonds is 4. The Kier molecular flexibility index (Phi) is 3.88. The summed E-state index contributed by atoms with van der Waals surface area (Å²) in [5.74, 6) is -0.346. The number of hydrogen-bond donors (Lipinski definition) is 1. The maximum atomic E-state index is 11.2. The highest BCUT2D eigenvalue weighted by Crippen LogP contribution is 2.33. The van der Waals surface area contributed by atoms with Gasteiger partial charge in [-0.05, 0) is 25.0 Å². The van der Waals surface area contributed by atoms with Gasteiger partial charge in [0.05, 0.1) is 12.7 Å². The molecule has 1 N–H and O–H groups in total. The minimum atomic E-state index is -0.809. The third kappa shape index (κ3) is 2.38. The summed E-state index contributed by atoms with van der Waals surface area (Å²) in [6.45, 7) is 3.86. The highest BCUT2D eigenvalue weighted by molar-refractivity contribution is 7.14. The standard InChI is InChI=1S/C11H16O3S/c1-4-11(13,5-2)9-7-6-8(15-9)10(12)14-3/h6-7,13H,4-5H2,1-3H3. The average Bonchev–Trinajstić information content (AvgIpc) is 2.76. The smallest absolute Gasteiger partial charge is 0.348 e. The fourth-order valence-corrected chi connectivity index (χ4v) is 2.55. The van der Waals surface area contributed by atoms with Crippen LogP contribution in [-0.2, 0) is 10.3 Å². The van der Waals surface area contributed by atoms with Crippen LogP contribution in [0.25, 0.3) is 0 Å². The Balaban J connectivity index is 2.97. The van der Waals surface area contributed by atoms with Gasteiger partial charge in [0, 0.05) is 4.88 Å². The van der Waals surface area contributed by atoms with Crippen LogP contribution in [-0.4, -0.2) is 18.2 Å². The van der Waals surface area contributed by atoms with Crippen molar-refractivity contribution < 1.29 is 14.6 Å². The Labute approximate surface area is 93.7 Å². The molecular weight excluding hydrogens is 212 g/mol. The third-order valence-electron chi connectivity index (χ3n) is 2.62. The Morgan fingerprint density at radius 3 is 2.53 bits per heavy atom. The van der Waals surface area contributed by atoms with E-state index >= 15 is 0 Å². The zero-order valence-corrected chi connectivity index (χ0v) is 10.1. The molecule has 0 amide bonds. The molecule has 0 saturated carbocycles. The van der Waals surface area contributed by atoms with Crippen LogP contribution in [0.1, 0.15) is 41.2 Å². The van der Waals surface area contributed by atoms with Crippen molar-refractivity contribution in [2.24, 2.45) is 0 Å². The number of thiophene rings is 1. The van der Waals surface area contributed by atoms with Gasteiger partial charge >= 0.3 is 5.97 Å². The molecule has 0 radical (unpaired) electrons. The number of methoxy groups -OCH3 is 1. The number of hydrogen-bond acceptors (Lipinski definition) is 4. The third-order valence-corrected chi connectivity index (χ3v) is 3.88. The molecule has 1 aromatic heterocycles. The molecule has 0 aliphatic rings. The van der Waals surface area contributed by atoms with Crippen molar-refractivity contribution in [2.75, 3.05) is 7.11 Å². The normalized spacial score (nSPS) is 11.5. The lowest BCUT2D eigenvalue weighted by Gasteiger charge is -2.23. The van der Waals surface area contributed by atoms with Gasteiger partial charge in [-0.25, -0.2) is 4.79 Å². The molecule has 1 aromatic rings. The zero-order valence-electron chi connectivity index (χ0n) is 9.24. The molecular formula is C11H16O3S. The largest absolute Gasteiger partial charge is 0.465 e. The lowest BCUT2D eigenvalue weighted by molar-refractivity contribution is 0.0321.